The van der Waals surface area contributed by atoms with Gasteiger partial charge < -0.3 is 15.4 Å². The standard InChI is InChI=1S/C15H23F2N3O/c1-4-5-8-19-15(18-3)20-10-12-9-11(2)6-7-13(12)21-14(16)17/h6-7,9,14H,4-5,8,10H2,1-3H3,(H2,18,19,20). The Morgan fingerprint density at radius 2 is 2.10 bits per heavy atom. The summed E-state index contributed by atoms with van der Waals surface area (Å²) in [4.78, 5) is 4.09. The molecule has 4 nitrogen and oxygen atoms in total. The Morgan fingerprint density at radius 3 is 2.71 bits per heavy atom. The third-order valence-electron chi connectivity index (χ3n) is 2.92. The number of halogens is 2. The summed E-state index contributed by atoms with van der Waals surface area (Å²) in [7, 11) is 1.67. The number of nitrogens with one attached hydrogen (secondary N) is 2. The van der Waals surface area contributed by atoms with E-state index in [1.807, 2.05) is 13.0 Å². The molecule has 118 valence electrons. The summed E-state index contributed by atoms with van der Waals surface area (Å²) in [6, 6.07) is 5.13. The maximum Gasteiger partial charge on any atom is 0.387 e. The van der Waals surface area contributed by atoms with E-state index in [2.05, 4.69) is 27.3 Å². The van der Waals surface area contributed by atoms with E-state index in [9.17, 15) is 8.78 Å². The van der Waals surface area contributed by atoms with Crippen molar-refractivity contribution in [3.63, 3.8) is 0 Å². The van der Waals surface area contributed by atoms with Crippen LogP contribution in [0.5, 0.6) is 5.75 Å². The highest BCUT2D eigenvalue weighted by Gasteiger charge is 2.10. The van der Waals surface area contributed by atoms with Gasteiger partial charge in [0.1, 0.15) is 5.75 Å². The number of hydrogen-bond donors (Lipinski definition) is 2. The molecule has 0 unspecified atom stereocenters. The van der Waals surface area contributed by atoms with E-state index in [1.54, 1.807) is 19.2 Å². The van der Waals surface area contributed by atoms with Gasteiger partial charge in [-0.05, 0) is 19.4 Å². The second-order valence-electron chi connectivity index (χ2n) is 4.70. The fourth-order valence-electron chi connectivity index (χ4n) is 1.84. The van der Waals surface area contributed by atoms with Crippen molar-refractivity contribution in [2.24, 2.45) is 4.99 Å². The van der Waals surface area contributed by atoms with E-state index in [1.165, 1.54) is 0 Å². The van der Waals surface area contributed by atoms with Crippen molar-refractivity contribution < 1.29 is 13.5 Å². The van der Waals surface area contributed by atoms with Gasteiger partial charge in [-0.15, -0.1) is 0 Å². The molecule has 0 spiro atoms. The lowest BCUT2D eigenvalue weighted by Gasteiger charge is -2.15. The number of unbranched alkanes of at least 4 members (excludes halogenated alkanes) is 1. The maximum absolute atomic E-state index is 12.4. The van der Waals surface area contributed by atoms with Crippen molar-refractivity contribution in [3.05, 3.63) is 29.3 Å². The van der Waals surface area contributed by atoms with Crippen LogP contribution in [0.15, 0.2) is 23.2 Å². The van der Waals surface area contributed by atoms with E-state index in [4.69, 9.17) is 0 Å². The van der Waals surface area contributed by atoms with E-state index >= 15 is 0 Å². The first-order valence-electron chi connectivity index (χ1n) is 7.05. The minimum atomic E-state index is -2.83. The zero-order valence-corrected chi connectivity index (χ0v) is 12.7. The first-order chi connectivity index (χ1) is 10.1. The van der Waals surface area contributed by atoms with Crippen LogP contribution in [0.4, 0.5) is 8.78 Å². The molecule has 0 aliphatic rings. The molecule has 0 aliphatic carbocycles. The molecule has 2 N–H and O–H groups in total. The lowest BCUT2D eigenvalue weighted by molar-refractivity contribution is -0.0504. The van der Waals surface area contributed by atoms with E-state index in [0.29, 0.717) is 18.1 Å². The van der Waals surface area contributed by atoms with Gasteiger partial charge in [0.15, 0.2) is 5.96 Å². The molecule has 0 aliphatic heterocycles. The molecule has 21 heavy (non-hydrogen) atoms. The molecule has 0 saturated heterocycles. The molecular weight excluding hydrogens is 276 g/mol. The Bertz CT molecular complexity index is 464. The molecule has 1 aromatic rings. The van der Waals surface area contributed by atoms with Gasteiger partial charge in [0, 0.05) is 25.7 Å². The van der Waals surface area contributed by atoms with Crippen molar-refractivity contribution in [3.8, 4) is 5.75 Å². The second-order valence-corrected chi connectivity index (χ2v) is 4.70. The predicted octanol–water partition coefficient (Wildman–Crippen LogP) is 3.06. The predicted molar refractivity (Wildman–Crippen MR) is 80.9 cm³/mol. The molecule has 0 aromatic heterocycles. The van der Waals surface area contributed by atoms with Crippen LogP contribution in [0.25, 0.3) is 0 Å². The van der Waals surface area contributed by atoms with E-state index < -0.39 is 6.61 Å². The number of ether oxygens (including phenoxy) is 1. The average Bonchev–Trinajstić information content (AvgIpc) is 2.44. The molecule has 0 bridgehead atoms. The normalized spacial score (nSPS) is 11.6. The number of aryl methyl sites for hydroxylation is 1. The van der Waals surface area contributed by atoms with Gasteiger partial charge >= 0.3 is 6.61 Å². The van der Waals surface area contributed by atoms with E-state index in [0.717, 1.165) is 24.9 Å². The number of benzene rings is 1. The Hall–Kier alpha value is -1.85. The number of rotatable bonds is 7. The van der Waals surface area contributed by atoms with Crippen molar-refractivity contribution in [1.82, 2.24) is 10.6 Å². The van der Waals surface area contributed by atoms with Gasteiger partial charge in [0.05, 0.1) is 0 Å². The van der Waals surface area contributed by atoms with Gasteiger partial charge in [-0.3, -0.25) is 4.99 Å². The summed E-state index contributed by atoms with van der Waals surface area (Å²) in [5, 5.41) is 6.26. The van der Waals surface area contributed by atoms with Crippen LogP contribution >= 0.6 is 0 Å². The topological polar surface area (TPSA) is 45.7 Å². The Kier molecular flexibility index (Phi) is 7.50. The highest BCUT2D eigenvalue weighted by molar-refractivity contribution is 5.79. The zero-order valence-electron chi connectivity index (χ0n) is 12.7. The van der Waals surface area contributed by atoms with Crippen molar-refractivity contribution >= 4 is 5.96 Å². The summed E-state index contributed by atoms with van der Waals surface area (Å²) in [5.41, 5.74) is 1.66. The highest BCUT2D eigenvalue weighted by atomic mass is 19.3. The van der Waals surface area contributed by atoms with Crippen LogP contribution in [0.2, 0.25) is 0 Å². The molecule has 6 heteroatoms. The first kappa shape index (κ1) is 17.2. The fraction of sp³-hybridized carbons (Fsp3) is 0.533. The van der Waals surface area contributed by atoms with Crippen molar-refractivity contribution in [2.75, 3.05) is 13.6 Å². The smallest absolute Gasteiger partial charge is 0.387 e. The minimum absolute atomic E-state index is 0.187. The number of hydrogen-bond acceptors (Lipinski definition) is 2. The fourth-order valence-corrected chi connectivity index (χ4v) is 1.84. The molecule has 0 amide bonds. The second kappa shape index (κ2) is 9.15. The molecule has 0 heterocycles. The molecule has 0 saturated carbocycles. The Morgan fingerprint density at radius 1 is 1.33 bits per heavy atom. The maximum atomic E-state index is 12.4. The number of alkyl halides is 2. The number of guanidine groups is 1. The lowest BCUT2D eigenvalue weighted by Crippen LogP contribution is -2.37. The van der Waals surface area contributed by atoms with E-state index in [-0.39, 0.29) is 5.75 Å². The van der Waals surface area contributed by atoms with Crippen LogP contribution in [-0.2, 0) is 6.54 Å². The SMILES string of the molecule is CCCCNC(=NC)NCc1cc(C)ccc1OC(F)F. The Balaban J connectivity index is 2.66. The molecule has 1 rings (SSSR count). The van der Waals surface area contributed by atoms with Crippen LogP contribution in [0.1, 0.15) is 30.9 Å². The van der Waals surface area contributed by atoms with Crippen LogP contribution in [0, 0.1) is 6.92 Å². The lowest BCUT2D eigenvalue weighted by atomic mass is 10.1. The minimum Gasteiger partial charge on any atom is -0.434 e. The monoisotopic (exact) mass is 299 g/mol. The van der Waals surface area contributed by atoms with Crippen LogP contribution in [0.3, 0.4) is 0 Å². The van der Waals surface area contributed by atoms with Gasteiger partial charge in [-0.2, -0.15) is 8.78 Å². The van der Waals surface area contributed by atoms with Gasteiger partial charge in [-0.1, -0.05) is 31.0 Å². The average molecular weight is 299 g/mol. The van der Waals surface area contributed by atoms with Crippen LogP contribution < -0.4 is 15.4 Å². The van der Waals surface area contributed by atoms with Crippen molar-refractivity contribution in [1.29, 1.82) is 0 Å². The molecule has 1 aromatic carbocycles. The van der Waals surface area contributed by atoms with Crippen LogP contribution in [-0.4, -0.2) is 26.2 Å². The Labute approximate surface area is 124 Å². The third-order valence-corrected chi connectivity index (χ3v) is 2.92. The molecule has 0 atom stereocenters. The number of nitrogens with zero attached hydrogens (tertiary/aromatic N) is 1. The zero-order chi connectivity index (χ0) is 15.7. The van der Waals surface area contributed by atoms with Gasteiger partial charge in [0.25, 0.3) is 0 Å². The molecular formula is C15H23F2N3O. The highest BCUT2D eigenvalue weighted by Crippen LogP contribution is 2.21. The van der Waals surface area contributed by atoms with Gasteiger partial charge in [0.2, 0.25) is 0 Å². The third kappa shape index (κ3) is 6.42. The summed E-state index contributed by atoms with van der Waals surface area (Å²) in [6.45, 7) is 2.39. The summed E-state index contributed by atoms with van der Waals surface area (Å²) < 4.78 is 29.3. The summed E-state index contributed by atoms with van der Waals surface area (Å²) >= 11 is 0. The van der Waals surface area contributed by atoms with Gasteiger partial charge in [-0.25, -0.2) is 0 Å². The summed E-state index contributed by atoms with van der Waals surface area (Å²) in [6.07, 6.45) is 2.14. The molecule has 0 radical (unpaired) electrons. The van der Waals surface area contributed by atoms with Crippen molar-refractivity contribution in [2.45, 2.75) is 39.8 Å². The summed E-state index contributed by atoms with van der Waals surface area (Å²) in [5.74, 6) is 0.833. The first-order valence-corrected chi connectivity index (χ1v) is 7.05. The quantitative estimate of drug-likeness (QED) is 0.462. The largest absolute Gasteiger partial charge is 0.434 e. The number of aliphatic imine (C=N–C) groups is 1. The molecule has 0 fully saturated rings.